The molecule has 0 radical (unpaired) electrons. The first-order valence-corrected chi connectivity index (χ1v) is 6.74. The monoisotopic (exact) mass is 290 g/mol. The summed E-state index contributed by atoms with van der Waals surface area (Å²) < 4.78 is 6.48. The molecule has 0 spiro atoms. The molecule has 2 N–H and O–H groups in total. The van der Waals surface area contributed by atoms with E-state index in [1.54, 1.807) is 18.2 Å². The number of benzene rings is 1. The second kappa shape index (κ2) is 5.39. The van der Waals surface area contributed by atoms with Crippen molar-refractivity contribution in [2.75, 3.05) is 0 Å². The van der Waals surface area contributed by atoms with Crippen molar-refractivity contribution in [2.24, 2.45) is 5.73 Å². The molecule has 0 fully saturated rings. The van der Waals surface area contributed by atoms with Crippen LogP contribution in [0.3, 0.4) is 0 Å². The molecule has 0 atom stereocenters. The number of rotatable bonds is 4. The Labute approximate surface area is 117 Å². The predicted octanol–water partition coefficient (Wildman–Crippen LogP) is 0.383. The summed E-state index contributed by atoms with van der Waals surface area (Å²) >= 11 is 1.20. The van der Waals surface area contributed by atoms with Gasteiger partial charge in [-0.25, -0.2) is 0 Å². The minimum atomic E-state index is -0.207. The van der Waals surface area contributed by atoms with Crippen LogP contribution in [-0.2, 0) is 12.4 Å². The molecule has 0 saturated heterocycles. The molecule has 9 heteroatoms. The molecule has 102 valence electrons. The van der Waals surface area contributed by atoms with Gasteiger partial charge < -0.3 is 10.2 Å². The molecule has 3 aromatic rings. The Morgan fingerprint density at radius 1 is 1.25 bits per heavy atom. The van der Waals surface area contributed by atoms with Crippen LogP contribution in [-0.4, -0.2) is 25.2 Å². The van der Waals surface area contributed by atoms with Crippen LogP contribution < -0.4 is 11.3 Å². The van der Waals surface area contributed by atoms with Gasteiger partial charge >= 0.3 is 0 Å². The Balaban J connectivity index is 1.84. The average Bonchev–Trinajstić information content (AvgIpc) is 2.95. The minimum absolute atomic E-state index is 0.184. The molecular weight excluding hydrogens is 280 g/mol. The van der Waals surface area contributed by atoms with Crippen LogP contribution in [0, 0.1) is 0 Å². The first kappa shape index (κ1) is 12.8. The van der Waals surface area contributed by atoms with E-state index in [4.69, 9.17) is 10.2 Å². The fourth-order valence-corrected chi connectivity index (χ4v) is 2.26. The molecular formula is C11H10N6O2S. The summed E-state index contributed by atoms with van der Waals surface area (Å²) in [5.41, 5.74) is 5.74. The molecule has 0 amide bonds. The van der Waals surface area contributed by atoms with E-state index in [-0.39, 0.29) is 18.0 Å². The Bertz CT molecular complexity index is 799. The van der Waals surface area contributed by atoms with Crippen LogP contribution in [0.1, 0.15) is 5.89 Å². The van der Waals surface area contributed by atoms with Crippen molar-refractivity contribution in [3.8, 4) is 0 Å². The smallest absolute Gasteiger partial charge is 0.278 e. The lowest BCUT2D eigenvalue weighted by Gasteiger charge is -2.02. The van der Waals surface area contributed by atoms with Crippen molar-refractivity contribution in [3.05, 3.63) is 40.5 Å². The van der Waals surface area contributed by atoms with E-state index in [9.17, 15) is 4.79 Å². The Hall–Kier alpha value is -2.26. The largest absolute Gasteiger partial charge is 0.414 e. The average molecular weight is 290 g/mol. The van der Waals surface area contributed by atoms with E-state index in [1.807, 2.05) is 6.07 Å². The number of hydrogen-bond donors (Lipinski definition) is 1. The quantitative estimate of drug-likeness (QED) is 0.686. The summed E-state index contributed by atoms with van der Waals surface area (Å²) in [6, 6.07) is 7.05. The molecule has 3 rings (SSSR count). The van der Waals surface area contributed by atoms with Gasteiger partial charge in [0.25, 0.3) is 10.8 Å². The lowest BCUT2D eigenvalue weighted by molar-refractivity contribution is 0.413. The van der Waals surface area contributed by atoms with Crippen LogP contribution in [0.25, 0.3) is 10.9 Å². The summed E-state index contributed by atoms with van der Waals surface area (Å²) in [5, 5.41) is 16.3. The van der Waals surface area contributed by atoms with Crippen LogP contribution in [0.15, 0.2) is 38.7 Å². The van der Waals surface area contributed by atoms with E-state index in [0.29, 0.717) is 22.0 Å². The highest BCUT2D eigenvalue weighted by atomic mass is 32.2. The topological polar surface area (TPSA) is 113 Å². The van der Waals surface area contributed by atoms with Gasteiger partial charge in [-0.3, -0.25) is 4.79 Å². The van der Waals surface area contributed by atoms with Gasteiger partial charge in [-0.1, -0.05) is 17.3 Å². The van der Waals surface area contributed by atoms with Gasteiger partial charge in [0.2, 0.25) is 5.89 Å². The second-order valence-electron chi connectivity index (χ2n) is 3.85. The highest BCUT2D eigenvalue weighted by molar-refractivity contribution is 7.98. The third-order valence-corrected chi connectivity index (χ3v) is 3.35. The van der Waals surface area contributed by atoms with E-state index in [1.165, 1.54) is 16.4 Å². The Morgan fingerprint density at radius 3 is 2.90 bits per heavy atom. The first-order chi connectivity index (χ1) is 9.78. The highest BCUT2D eigenvalue weighted by Gasteiger charge is 2.08. The van der Waals surface area contributed by atoms with Crippen LogP contribution in [0.2, 0.25) is 0 Å². The van der Waals surface area contributed by atoms with E-state index in [0.717, 1.165) is 0 Å². The van der Waals surface area contributed by atoms with Gasteiger partial charge in [-0.15, -0.1) is 15.3 Å². The molecule has 0 bridgehead atoms. The van der Waals surface area contributed by atoms with E-state index >= 15 is 0 Å². The third-order valence-electron chi connectivity index (χ3n) is 2.56. The number of aromatic nitrogens is 5. The van der Waals surface area contributed by atoms with Gasteiger partial charge in [-0.2, -0.15) is 4.68 Å². The molecule has 2 aromatic heterocycles. The molecule has 8 nitrogen and oxygen atoms in total. The lowest BCUT2D eigenvalue weighted by Crippen LogP contribution is -2.23. The summed E-state index contributed by atoms with van der Waals surface area (Å²) in [6.45, 7) is 0.184. The number of nitrogens with zero attached hydrogens (tertiary/aromatic N) is 5. The summed E-state index contributed by atoms with van der Waals surface area (Å²) in [7, 11) is 0. The van der Waals surface area contributed by atoms with Crippen molar-refractivity contribution < 1.29 is 4.42 Å². The maximum Gasteiger partial charge on any atom is 0.278 e. The summed E-state index contributed by atoms with van der Waals surface area (Å²) in [4.78, 5) is 12.2. The molecule has 0 unspecified atom stereocenters. The summed E-state index contributed by atoms with van der Waals surface area (Å²) in [6.07, 6.45) is 0. The van der Waals surface area contributed by atoms with Gasteiger partial charge in [0.05, 0.1) is 11.9 Å². The first-order valence-electron chi connectivity index (χ1n) is 5.75. The zero-order chi connectivity index (χ0) is 13.9. The Morgan fingerprint density at radius 2 is 2.10 bits per heavy atom. The molecule has 0 aliphatic rings. The zero-order valence-corrected chi connectivity index (χ0v) is 11.1. The van der Waals surface area contributed by atoms with Crippen molar-refractivity contribution in [3.63, 3.8) is 0 Å². The summed E-state index contributed by atoms with van der Waals surface area (Å²) in [5.74, 6) is 0.590. The maximum atomic E-state index is 12.2. The molecule has 0 aliphatic carbocycles. The van der Waals surface area contributed by atoms with Crippen molar-refractivity contribution in [2.45, 2.75) is 17.6 Å². The fraction of sp³-hybridized carbons (Fsp3) is 0.182. The fourth-order valence-electron chi connectivity index (χ4n) is 1.60. The van der Waals surface area contributed by atoms with Crippen LogP contribution in [0.4, 0.5) is 0 Å². The van der Waals surface area contributed by atoms with Gasteiger partial charge in [0, 0.05) is 0 Å². The molecule has 0 aliphatic heterocycles. The van der Waals surface area contributed by atoms with Crippen LogP contribution >= 0.6 is 11.8 Å². The molecule has 0 saturated carbocycles. The van der Waals surface area contributed by atoms with Crippen molar-refractivity contribution in [1.82, 2.24) is 25.2 Å². The molecule has 2 heterocycles. The minimum Gasteiger partial charge on any atom is -0.414 e. The number of fused-ring (bicyclic) bond motifs is 1. The zero-order valence-electron chi connectivity index (χ0n) is 10.3. The number of hydrogen-bond acceptors (Lipinski definition) is 8. The van der Waals surface area contributed by atoms with E-state index in [2.05, 4.69) is 20.5 Å². The number of nitrogens with two attached hydrogens (primary N) is 1. The second-order valence-corrected chi connectivity index (χ2v) is 4.75. The van der Waals surface area contributed by atoms with Crippen LogP contribution in [0.5, 0.6) is 0 Å². The third kappa shape index (κ3) is 2.40. The van der Waals surface area contributed by atoms with E-state index < -0.39 is 0 Å². The SMILES string of the molecule is NCc1nnc(SCn2nnc3ccccc3c2=O)o1. The predicted molar refractivity (Wildman–Crippen MR) is 71.8 cm³/mol. The highest BCUT2D eigenvalue weighted by Crippen LogP contribution is 2.17. The van der Waals surface area contributed by atoms with Gasteiger partial charge in [0.1, 0.15) is 11.4 Å². The van der Waals surface area contributed by atoms with Gasteiger partial charge in [0.15, 0.2) is 0 Å². The van der Waals surface area contributed by atoms with Crippen molar-refractivity contribution in [1.29, 1.82) is 0 Å². The maximum absolute atomic E-state index is 12.2. The molecule has 1 aromatic carbocycles. The number of thioether (sulfide) groups is 1. The molecule has 20 heavy (non-hydrogen) atoms. The lowest BCUT2D eigenvalue weighted by atomic mass is 10.2. The normalized spacial score (nSPS) is 11.1. The van der Waals surface area contributed by atoms with Crippen molar-refractivity contribution >= 4 is 22.7 Å². The standard InChI is InChI=1S/C11H10N6O2S/c12-5-9-14-15-11(19-9)20-6-17-10(18)7-3-1-2-4-8(7)13-16-17/h1-4H,5-6,12H2. The Kier molecular flexibility index (Phi) is 3.44. The van der Waals surface area contributed by atoms with Gasteiger partial charge in [-0.05, 0) is 23.9 Å².